The van der Waals surface area contributed by atoms with E-state index in [-0.39, 0.29) is 11.0 Å². The lowest BCUT2D eigenvalue weighted by Crippen LogP contribution is -2.34. The molecule has 0 saturated carbocycles. The maximum atomic E-state index is 10.1. The van der Waals surface area contributed by atoms with Gasteiger partial charge in [0.15, 0.2) is 0 Å². The second-order valence-electron chi connectivity index (χ2n) is 6.34. The second-order valence-corrected chi connectivity index (χ2v) is 6.34. The highest BCUT2D eigenvalue weighted by atomic mass is 16.3. The van der Waals surface area contributed by atoms with Crippen molar-refractivity contribution in [1.29, 1.82) is 15.8 Å². The first-order valence-electron chi connectivity index (χ1n) is 7.05. The van der Waals surface area contributed by atoms with Gasteiger partial charge in [0.25, 0.3) is 0 Å². The Bertz CT molecular complexity index is 621. The molecule has 0 radical (unpaired) electrons. The van der Waals surface area contributed by atoms with E-state index >= 15 is 0 Å². The average molecular weight is 282 g/mol. The van der Waals surface area contributed by atoms with Crippen LogP contribution in [0.1, 0.15) is 39.5 Å². The zero-order valence-corrected chi connectivity index (χ0v) is 12.3. The maximum absolute atomic E-state index is 10.1. The molecule has 5 nitrogen and oxygen atoms in total. The van der Waals surface area contributed by atoms with Crippen LogP contribution in [0.15, 0.2) is 22.4 Å². The highest BCUT2D eigenvalue weighted by Gasteiger charge is 2.37. The molecule has 1 aliphatic carbocycles. The first-order valence-corrected chi connectivity index (χ1v) is 7.05. The van der Waals surface area contributed by atoms with Gasteiger partial charge in [0.05, 0.1) is 5.57 Å². The molecule has 0 aromatic heterocycles. The van der Waals surface area contributed by atoms with Crippen molar-refractivity contribution in [2.75, 3.05) is 6.54 Å². The van der Waals surface area contributed by atoms with Gasteiger partial charge in [-0.15, -0.1) is 0 Å². The van der Waals surface area contributed by atoms with E-state index in [0.29, 0.717) is 37.0 Å². The summed E-state index contributed by atoms with van der Waals surface area (Å²) in [5.74, 6) is 0. The molecule has 1 aliphatic heterocycles. The summed E-state index contributed by atoms with van der Waals surface area (Å²) < 4.78 is 0. The zero-order chi connectivity index (χ0) is 15.6. The van der Waals surface area contributed by atoms with Gasteiger partial charge >= 0.3 is 0 Å². The van der Waals surface area contributed by atoms with Crippen LogP contribution in [0, 0.1) is 39.4 Å². The Morgan fingerprint density at radius 2 is 1.90 bits per heavy atom. The third kappa shape index (κ3) is 2.77. The van der Waals surface area contributed by atoms with Crippen molar-refractivity contribution in [3.8, 4) is 18.2 Å². The van der Waals surface area contributed by atoms with Gasteiger partial charge < -0.3 is 10.0 Å². The largest absolute Gasteiger partial charge is 0.374 e. The fraction of sp³-hybridized carbons (Fsp3) is 0.562. The van der Waals surface area contributed by atoms with Crippen LogP contribution in [0.4, 0.5) is 0 Å². The summed E-state index contributed by atoms with van der Waals surface area (Å²) in [6.45, 7) is 4.81. The highest BCUT2D eigenvalue weighted by molar-refractivity contribution is 5.57. The molecule has 5 heteroatoms. The van der Waals surface area contributed by atoms with Crippen molar-refractivity contribution in [3.63, 3.8) is 0 Å². The Balaban J connectivity index is 2.63. The Morgan fingerprint density at radius 3 is 2.38 bits per heavy atom. The van der Waals surface area contributed by atoms with E-state index < -0.39 is 6.23 Å². The molecular weight excluding hydrogens is 264 g/mol. The van der Waals surface area contributed by atoms with Gasteiger partial charge in [-0.05, 0) is 31.1 Å². The van der Waals surface area contributed by atoms with E-state index in [1.807, 2.05) is 17.0 Å². The Labute approximate surface area is 125 Å². The molecule has 1 atom stereocenters. The molecule has 0 bridgehead atoms. The molecule has 1 N–H and O–H groups in total. The number of hydrogen-bond donors (Lipinski definition) is 1. The summed E-state index contributed by atoms with van der Waals surface area (Å²) in [7, 11) is 0. The molecule has 1 fully saturated rings. The second kappa shape index (κ2) is 5.60. The summed E-state index contributed by atoms with van der Waals surface area (Å²) in [6.07, 6.45) is 2.18. The summed E-state index contributed by atoms with van der Waals surface area (Å²) in [5.41, 5.74) is 1.55. The van der Waals surface area contributed by atoms with E-state index in [1.54, 1.807) is 0 Å². The van der Waals surface area contributed by atoms with Gasteiger partial charge in [0, 0.05) is 17.8 Å². The van der Waals surface area contributed by atoms with Crippen LogP contribution in [0.5, 0.6) is 0 Å². The topological polar surface area (TPSA) is 94.8 Å². The molecule has 1 unspecified atom stereocenters. The van der Waals surface area contributed by atoms with E-state index in [2.05, 4.69) is 19.9 Å². The van der Waals surface area contributed by atoms with E-state index in [4.69, 9.17) is 10.5 Å². The molecule has 0 aromatic carbocycles. The van der Waals surface area contributed by atoms with Crippen LogP contribution in [-0.4, -0.2) is 22.8 Å². The standard InChI is InChI=1S/C16H18N4O/c1-16(2)6-12(11(8-17)9-18)13(10-19)14(7-16)20-5-3-4-15(20)21/h15,21H,3-7H2,1-2H3. The van der Waals surface area contributed by atoms with Crippen molar-refractivity contribution in [2.24, 2.45) is 5.41 Å². The molecular formula is C16H18N4O. The smallest absolute Gasteiger partial charge is 0.134 e. The number of nitrogens with zero attached hydrogens (tertiary/aromatic N) is 4. The van der Waals surface area contributed by atoms with Gasteiger partial charge in [-0.3, -0.25) is 0 Å². The number of rotatable bonds is 1. The maximum Gasteiger partial charge on any atom is 0.134 e. The Morgan fingerprint density at radius 1 is 1.24 bits per heavy atom. The van der Waals surface area contributed by atoms with Gasteiger partial charge in [0.2, 0.25) is 0 Å². The molecule has 0 spiro atoms. The van der Waals surface area contributed by atoms with Crippen LogP contribution in [0.3, 0.4) is 0 Å². The first kappa shape index (κ1) is 15.1. The van der Waals surface area contributed by atoms with Gasteiger partial charge in [-0.25, -0.2) is 0 Å². The van der Waals surface area contributed by atoms with Crippen LogP contribution >= 0.6 is 0 Å². The molecule has 1 heterocycles. The van der Waals surface area contributed by atoms with Gasteiger partial charge in [-0.1, -0.05) is 13.8 Å². The lowest BCUT2D eigenvalue weighted by atomic mass is 9.72. The lowest BCUT2D eigenvalue weighted by Gasteiger charge is -2.38. The van der Waals surface area contributed by atoms with Gasteiger partial charge in [-0.2, -0.15) is 15.8 Å². The highest BCUT2D eigenvalue weighted by Crippen LogP contribution is 2.45. The fourth-order valence-electron chi connectivity index (χ4n) is 3.16. The number of aliphatic hydroxyl groups is 1. The minimum Gasteiger partial charge on any atom is -0.374 e. The molecule has 0 aromatic rings. The van der Waals surface area contributed by atoms with Crippen molar-refractivity contribution >= 4 is 0 Å². The lowest BCUT2D eigenvalue weighted by molar-refractivity contribution is 0.0540. The van der Waals surface area contributed by atoms with Gasteiger partial charge in [0.1, 0.15) is 30.0 Å². The molecule has 0 amide bonds. The quantitative estimate of drug-likeness (QED) is 0.745. The predicted molar refractivity (Wildman–Crippen MR) is 75.9 cm³/mol. The minimum atomic E-state index is -0.578. The summed E-state index contributed by atoms with van der Waals surface area (Å²) in [4.78, 5) is 1.85. The van der Waals surface area contributed by atoms with Crippen molar-refractivity contribution in [1.82, 2.24) is 4.90 Å². The Kier molecular flexibility index (Phi) is 4.03. The van der Waals surface area contributed by atoms with Crippen molar-refractivity contribution in [3.05, 3.63) is 22.4 Å². The zero-order valence-electron chi connectivity index (χ0n) is 12.3. The molecule has 21 heavy (non-hydrogen) atoms. The molecule has 108 valence electrons. The Hall–Kier alpha value is -2.29. The number of nitriles is 3. The molecule has 1 saturated heterocycles. The van der Waals surface area contributed by atoms with Crippen LogP contribution in [0.25, 0.3) is 0 Å². The first-order chi connectivity index (χ1) is 9.93. The number of aliphatic hydroxyl groups excluding tert-OH is 1. The average Bonchev–Trinajstić information content (AvgIpc) is 2.85. The number of likely N-dealkylation sites (tertiary alicyclic amines) is 1. The fourth-order valence-corrected chi connectivity index (χ4v) is 3.16. The summed E-state index contributed by atoms with van der Waals surface area (Å²) in [6, 6.07) is 5.95. The summed E-state index contributed by atoms with van der Waals surface area (Å²) in [5, 5.41) is 37.9. The van der Waals surface area contributed by atoms with Crippen LogP contribution in [-0.2, 0) is 0 Å². The molecule has 2 rings (SSSR count). The van der Waals surface area contributed by atoms with Crippen molar-refractivity contribution in [2.45, 2.75) is 45.8 Å². The minimum absolute atomic E-state index is 0.00510. The monoisotopic (exact) mass is 282 g/mol. The number of hydrogen-bond acceptors (Lipinski definition) is 5. The van der Waals surface area contributed by atoms with E-state index in [1.165, 1.54) is 0 Å². The predicted octanol–water partition coefficient (Wildman–Crippen LogP) is 2.34. The third-order valence-electron chi connectivity index (χ3n) is 4.10. The SMILES string of the molecule is CC1(C)CC(=C(C#N)C#N)C(C#N)=C(N2CCCC2O)C1. The third-order valence-corrected chi connectivity index (χ3v) is 4.10. The van der Waals surface area contributed by atoms with E-state index in [9.17, 15) is 10.4 Å². The van der Waals surface area contributed by atoms with Crippen molar-refractivity contribution < 1.29 is 5.11 Å². The van der Waals surface area contributed by atoms with E-state index in [0.717, 1.165) is 12.1 Å². The number of allylic oxidation sites excluding steroid dienone is 4. The summed E-state index contributed by atoms with van der Waals surface area (Å²) >= 11 is 0. The van der Waals surface area contributed by atoms with Crippen LogP contribution in [0.2, 0.25) is 0 Å². The molecule has 2 aliphatic rings. The van der Waals surface area contributed by atoms with Crippen LogP contribution < -0.4 is 0 Å². The normalized spacial score (nSPS) is 24.3.